The molecular formula is C11H18N2OS. The lowest BCUT2D eigenvalue weighted by molar-refractivity contribution is 0.406. The molecule has 84 valence electrons. The number of thiocarbonyl (C=S) groups is 1. The number of hydrogen-bond donors (Lipinski definition) is 1. The molecule has 0 unspecified atom stereocenters. The SMILES string of the molecule is CCCCNC(=S)N(C)Cc1ccco1. The molecule has 0 aliphatic carbocycles. The molecule has 1 aromatic heterocycles. The van der Waals surface area contributed by atoms with Gasteiger partial charge in [-0.1, -0.05) is 13.3 Å². The number of nitrogens with zero attached hydrogens (tertiary/aromatic N) is 1. The zero-order chi connectivity index (χ0) is 11.1. The fourth-order valence-corrected chi connectivity index (χ4v) is 1.38. The predicted molar refractivity (Wildman–Crippen MR) is 65.7 cm³/mol. The minimum atomic E-state index is 0.713. The molecule has 0 bridgehead atoms. The van der Waals surface area contributed by atoms with Crippen LogP contribution >= 0.6 is 12.2 Å². The van der Waals surface area contributed by atoms with Crippen LogP contribution in [-0.2, 0) is 6.54 Å². The van der Waals surface area contributed by atoms with Gasteiger partial charge in [0.25, 0.3) is 0 Å². The summed E-state index contributed by atoms with van der Waals surface area (Å²) in [5.41, 5.74) is 0. The van der Waals surface area contributed by atoms with Crippen LogP contribution in [0.4, 0.5) is 0 Å². The van der Waals surface area contributed by atoms with Gasteiger partial charge in [-0.2, -0.15) is 0 Å². The molecule has 3 nitrogen and oxygen atoms in total. The van der Waals surface area contributed by atoms with Crippen LogP contribution in [0, 0.1) is 0 Å². The van der Waals surface area contributed by atoms with Gasteiger partial charge in [0.05, 0.1) is 12.8 Å². The molecule has 0 aliphatic heterocycles. The maximum absolute atomic E-state index is 5.25. The minimum Gasteiger partial charge on any atom is -0.467 e. The number of furan rings is 1. The highest BCUT2D eigenvalue weighted by atomic mass is 32.1. The van der Waals surface area contributed by atoms with Gasteiger partial charge in [0.15, 0.2) is 5.11 Å². The first kappa shape index (κ1) is 12.0. The second-order valence-electron chi connectivity index (χ2n) is 3.52. The van der Waals surface area contributed by atoms with E-state index >= 15 is 0 Å². The van der Waals surface area contributed by atoms with Gasteiger partial charge >= 0.3 is 0 Å². The third kappa shape index (κ3) is 4.34. The summed E-state index contributed by atoms with van der Waals surface area (Å²) < 4.78 is 5.25. The van der Waals surface area contributed by atoms with Gasteiger partial charge in [-0.15, -0.1) is 0 Å². The molecule has 0 fully saturated rings. The molecule has 0 spiro atoms. The van der Waals surface area contributed by atoms with Crippen molar-refractivity contribution < 1.29 is 4.42 Å². The maximum atomic E-state index is 5.25. The minimum absolute atomic E-state index is 0.713. The van der Waals surface area contributed by atoms with Crippen LogP contribution in [0.3, 0.4) is 0 Å². The fourth-order valence-electron chi connectivity index (χ4n) is 1.22. The molecule has 1 rings (SSSR count). The second-order valence-corrected chi connectivity index (χ2v) is 3.91. The van der Waals surface area contributed by atoms with E-state index < -0.39 is 0 Å². The second kappa shape index (κ2) is 6.45. The number of nitrogens with one attached hydrogen (secondary N) is 1. The molecule has 0 atom stereocenters. The first-order valence-corrected chi connectivity index (χ1v) is 5.66. The molecule has 0 amide bonds. The van der Waals surface area contributed by atoms with Crippen molar-refractivity contribution in [2.24, 2.45) is 0 Å². The molecule has 15 heavy (non-hydrogen) atoms. The van der Waals surface area contributed by atoms with Crippen molar-refractivity contribution in [2.45, 2.75) is 26.3 Å². The Bertz CT molecular complexity index is 285. The van der Waals surface area contributed by atoms with Crippen LogP contribution in [0.25, 0.3) is 0 Å². The highest BCUT2D eigenvalue weighted by Gasteiger charge is 2.05. The largest absolute Gasteiger partial charge is 0.467 e. The third-order valence-corrected chi connectivity index (χ3v) is 2.58. The van der Waals surface area contributed by atoms with E-state index in [0.29, 0.717) is 6.54 Å². The molecule has 0 aliphatic rings. The summed E-state index contributed by atoms with van der Waals surface area (Å²) in [4.78, 5) is 1.98. The summed E-state index contributed by atoms with van der Waals surface area (Å²) >= 11 is 5.24. The van der Waals surface area contributed by atoms with E-state index in [2.05, 4.69) is 12.2 Å². The van der Waals surface area contributed by atoms with Crippen molar-refractivity contribution in [3.63, 3.8) is 0 Å². The Kier molecular flexibility index (Phi) is 5.18. The smallest absolute Gasteiger partial charge is 0.169 e. The van der Waals surface area contributed by atoms with Crippen LogP contribution in [0.5, 0.6) is 0 Å². The topological polar surface area (TPSA) is 28.4 Å². The van der Waals surface area contributed by atoms with Crippen LogP contribution in [0.15, 0.2) is 22.8 Å². The lowest BCUT2D eigenvalue weighted by Crippen LogP contribution is -2.36. The Morgan fingerprint density at radius 2 is 2.40 bits per heavy atom. The lowest BCUT2D eigenvalue weighted by Gasteiger charge is -2.19. The molecule has 0 saturated heterocycles. The fraction of sp³-hybridized carbons (Fsp3) is 0.545. The van der Waals surface area contributed by atoms with Crippen molar-refractivity contribution >= 4 is 17.3 Å². The van der Waals surface area contributed by atoms with Gasteiger partial charge < -0.3 is 14.6 Å². The van der Waals surface area contributed by atoms with Gasteiger partial charge in [-0.25, -0.2) is 0 Å². The van der Waals surface area contributed by atoms with E-state index in [1.165, 1.54) is 6.42 Å². The first-order valence-electron chi connectivity index (χ1n) is 5.25. The van der Waals surface area contributed by atoms with Crippen LogP contribution < -0.4 is 5.32 Å². The molecule has 1 N–H and O–H groups in total. The maximum Gasteiger partial charge on any atom is 0.169 e. The van der Waals surface area contributed by atoms with E-state index in [-0.39, 0.29) is 0 Å². The van der Waals surface area contributed by atoms with Crippen molar-refractivity contribution in [1.82, 2.24) is 10.2 Å². The van der Waals surface area contributed by atoms with E-state index in [9.17, 15) is 0 Å². The van der Waals surface area contributed by atoms with Crippen molar-refractivity contribution in [2.75, 3.05) is 13.6 Å². The van der Waals surface area contributed by atoms with Crippen LogP contribution in [0.2, 0.25) is 0 Å². The quantitative estimate of drug-likeness (QED) is 0.616. The summed E-state index contributed by atoms with van der Waals surface area (Å²) in [7, 11) is 1.96. The zero-order valence-electron chi connectivity index (χ0n) is 9.32. The molecule has 1 aromatic rings. The number of hydrogen-bond acceptors (Lipinski definition) is 2. The third-order valence-electron chi connectivity index (χ3n) is 2.13. The van der Waals surface area contributed by atoms with Gasteiger partial charge in [0, 0.05) is 13.6 Å². The average molecular weight is 226 g/mol. The van der Waals surface area contributed by atoms with Crippen LogP contribution in [0.1, 0.15) is 25.5 Å². The van der Waals surface area contributed by atoms with Gasteiger partial charge in [0.1, 0.15) is 5.76 Å². The highest BCUT2D eigenvalue weighted by molar-refractivity contribution is 7.80. The summed E-state index contributed by atoms with van der Waals surface area (Å²) in [5, 5.41) is 3.99. The molecule has 0 aromatic carbocycles. The summed E-state index contributed by atoms with van der Waals surface area (Å²) in [6, 6.07) is 3.84. The zero-order valence-corrected chi connectivity index (χ0v) is 10.1. The van der Waals surface area contributed by atoms with Gasteiger partial charge in [0.2, 0.25) is 0 Å². The Morgan fingerprint density at radius 1 is 1.60 bits per heavy atom. The van der Waals surface area contributed by atoms with Crippen molar-refractivity contribution in [3.8, 4) is 0 Å². The molecule has 0 saturated carbocycles. The van der Waals surface area contributed by atoms with E-state index in [0.717, 1.165) is 23.8 Å². The average Bonchev–Trinajstić information content (AvgIpc) is 2.70. The standard InChI is InChI=1S/C11H18N2OS/c1-3-4-7-12-11(15)13(2)9-10-6-5-8-14-10/h5-6,8H,3-4,7,9H2,1-2H3,(H,12,15). The Labute approximate surface area is 96.4 Å². The Hall–Kier alpha value is -1.03. The number of rotatable bonds is 5. The predicted octanol–water partition coefficient (Wildman–Crippen LogP) is 2.39. The summed E-state index contributed by atoms with van der Waals surface area (Å²) in [6.45, 7) is 3.82. The molecule has 0 radical (unpaired) electrons. The van der Waals surface area contributed by atoms with Gasteiger partial charge in [-0.05, 0) is 30.8 Å². The molecular weight excluding hydrogens is 208 g/mol. The summed E-state index contributed by atoms with van der Waals surface area (Å²) in [6.07, 6.45) is 4.00. The summed E-state index contributed by atoms with van der Waals surface area (Å²) in [5.74, 6) is 0.928. The van der Waals surface area contributed by atoms with Crippen molar-refractivity contribution in [1.29, 1.82) is 0 Å². The van der Waals surface area contributed by atoms with Crippen molar-refractivity contribution in [3.05, 3.63) is 24.2 Å². The number of unbranched alkanes of at least 4 members (excludes halogenated alkanes) is 1. The lowest BCUT2D eigenvalue weighted by atomic mass is 10.3. The van der Waals surface area contributed by atoms with E-state index in [1.54, 1.807) is 6.26 Å². The first-order chi connectivity index (χ1) is 7.24. The normalized spacial score (nSPS) is 10.0. The van der Waals surface area contributed by atoms with Crippen LogP contribution in [-0.4, -0.2) is 23.6 Å². The monoisotopic (exact) mass is 226 g/mol. The van der Waals surface area contributed by atoms with E-state index in [4.69, 9.17) is 16.6 Å². The molecule has 1 heterocycles. The molecule has 4 heteroatoms. The van der Waals surface area contributed by atoms with Gasteiger partial charge in [-0.3, -0.25) is 0 Å². The Balaban J connectivity index is 2.27. The Morgan fingerprint density at radius 3 is 3.00 bits per heavy atom. The van der Waals surface area contributed by atoms with E-state index in [1.807, 2.05) is 24.1 Å². The highest BCUT2D eigenvalue weighted by Crippen LogP contribution is 2.03.